The lowest BCUT2D eigenvalue weighted by Crippen LogP contribution is -2.53. The topological polar surface area (TPSA) is 65.0 Å². The number of carbonyl (C=O) groups is 1. The van der Waals surface area contributed by atoms with Crippen LogP contribution in [-0.4, -0.2) is 72.4 Å². The van der Waals surface area contributed by atoms with E-state index in [1.54, 1.807) is 18.2 Å². The maximum absolute atomic E-state index is 12.3. The summed E-state index contributed by atoms with van der Waals surface area (Å²) in [5.74, 6) is 0.260. The van der Waals surface area contributed by atoms with Crippen LogP contribution >= 0.6 is 12.2 Å². The fraction of sp³-hybridized carbons (Fsp3) is 0.467. The van der Waals surface area contributed by atoms with Crippen molar-refractivity contribution in [3.05, 3.63) is 29.8 Å². The van der Waals surface area contributed by atoms with E-state index in [-0.39, 0.29) is 12.5 Å². The highest BCUT2D eigenvalue weighted by molar-refractivity contribution is 7.80. The number of amides is 1. The highest BCUT2D eigenvalue weighted by Gasteiger charge is 2.21. The van der Waals surface area contributed by atoms with E-state index in [1.807, 2.05) is 11.0 Å². The summed E-state index contributed by atoms with van der Waals surface area (Å²) in [5.41, 5.74) is 0.464. The van der Waals surface area contributed by atoms with E-state index in [2.05, 4.69) is 10.2 Å². The smallest absolute Gasteiger partial charge is 0.261 e. The largest absolute Gasteiger partial charge is 0.496 e. The molecule has 7 heteroatoms. The summed E-state index contributed by atoms with van der Waals surface area (Å²) < 4.78 is 5.19. The van der Waals surface area contributed by atoms with Gasteiger partial charge in [0, 0.05) is 32.7 Å². The number of β-amino-alcohol motifs (C(OH)–C–C–N with tert-alkyl or cyclic N) is 1. The number of hydrogen-bond acceptors (Lipinski definition) is 5. The number of nitrogens with one attached hydrogen (secondary N) is 1. The van der Waals surface area contributed by atoms with E-state index in [9.17, 15) is 4.79 Å². The first-order chi connectivity index (χ1) is 10.7. The zero-order valence-corrected chi connectivity index (χ0v) is 13.4. The Morgan fingerprint density at radius 3 is 2.64 bits per heavy atom. The van der Waals surface area contributed by atoms with E-state index >= 15 is 0 Å². The van der Waals surface area contributed by atoms with Gasteiger partial charge in [0.25, 0.3) is 5.91 Å². The van der Waals surface area contributed by atoms with Crippen molar-refractivity contribution < 1.29 is 14.6 Å². The van der Waals surface area contributed by atoms with Crippen LogP contribution in [0.3, 0.4) is 0 Å². The second-order valence-electron chi connectivity index (χ2n) is 5.01. The Kier molecular flexibility index (Phi) is 6.11. The van der Waals surface area contributed by atoms with Crippen LogP contribution in [0.5, 0.6) is 5.75 Å². The Morgan fingerprint density at radius 2 is 2.00 bits per heavy atom. The van der Waals surface area contributed by atoms with E-state index < -0.39 is 0 Å². The molecule has 0 radical (unpaired) electrons. The van der Waals surface area contributed by atoms with E-state index in [4.69, 9.17) is 22.1 Å². The fourth-order valence-corrected chi connectivity index (χ4v) is 2.67. The van der Waals surface area contributed by atoms with Crippen molar-refractivity contribution in [2.75, 3.05) is 46.4 Å². The molecule has 1 aromatic rings. The van der Waals surface area contributed by atoms with E-state index in [0.29, 0.717) is 23.0 Å². The van der Waals surface area contributed by atoms with Crippen molar-refractivity contribution in [3.8, 4) is 5.75 Å². The number of benzene rings is 1. The molecule has 0 spiro atoms. The number of ether oxygens (including phenoxy) is 1. The Bertz CT molecular complexity index is 531. The third-order valence-corrected chi connectivity index (χ3v) is 4.01. The Morgan fingerprint density at radius 1 is 1.32 bits per heavy atom. The normalized spacial score (nSPS) is 15.5. The van der Waals surface area contributed by atoms with Crippen molar-refractivity contribution >= 4 is 23.2 Å². The van der Waals surface area contributed by atoms with Gasteiger partial charge >= 0.3 is 0 Å². The molecule has 2 rings (SSSR count). The summed E-state index contributed by atoms with van der Waals surface area (Å²) in [4.78, 5) is 16.4. The maximum Gasteiger partial charge on any atom is 0.261 e. The van der Waals surface area contributed by atoms with Gasteiger partial charge in [-0.2, -0.15) is 0 Å². The Hall–Kier alpha value is -1.70. The second-order valence-corrected chi connectivity index (χ2v) is 5.40. The van der Waals surface area contributed by atoms with E-state index in [0.717, 1.165) is 26.2 Å². The lowest BCUT2D eigenvalue weighted by atomic mass is 10.2. The molecule has 6 nitrogen and oxygen atoms in total. The van der Waals surface area contributed by atoms with Gasteiger partial charge < -0.3 is 14.7 Å². The quantitative estimate of drug-likeness (QED) is 0.778. The minimum Gasteiger partial charge on any atom is -0.496 e. The van der Waals surface area contributed by atoms with Crippen LogP contribution in [0.4, 0.5) is 0 Å². The average molecular weight is 323 g/mol. The summed E-state index contributed by atoms with van der Waals surface area (Å²) >= 11 is 5.32. The monoisotopic (exact) mass is 323 g/mol. The van der Waals surface area contributed by atoms with Gasteiger partial charge in [-0.05, 0) is 24.4 Å². The SMILES string of the molecule is COc1ccccc1C(=O)NC(=S)N1CCN(CCO)CC1. The molecule has 1 saturated heterocycles. The lowest BCUT2D eigenvalue weighted by molar-refractivity contribution is 0.0965. The van der Waals surface area contributed by atoms with Crippen LogP contribution < -0.4 is 10.1 Å². The molecular weight excluding hydrogens is 302 g/mol. The number of carbonyl (C=O) groups excluding carboxylic acids is 1. The molecule has 1 fully saturated rings. The molecule has 0 saturated carbocycles. The highest BCUT2D eigenvalue weighted by atomic mass is 32.1. The lowest BCUT2D eigenvalue weighted by Gasteiger charge is -2.35. The summed E-state index contributed by atoms with van der Waals surface area (Å²) in [6.45, 7) is 3.97. The molecule has 0 bridgehead atoms. The molecule has 0 atom stereocenters. The van der Waals surface area contributed by atoms with Crippen LogP contribution in [0, 0.1) is 0 Å². The third kappa shape index (κ3) is 4.16. The summed E-state index contributed by atoms with van der Waals surface area (Å²) in [5, 5.41) is 12.1. The van der Waals surface area contributed by atoms with Gasteiger partial charge in [-0.3, -0.25) is 15.0 Å². The molecule has 1 aliphatic heterocycles. The molecule has 0 aromatic heterocycles. The predicted octanol–water partition coefficient (Wildman–Crippen LogP) is 0.320. The summed E-state index contributed by atoms with van der Waals surface area (Å²) in [6.07, 6.45) is 0. The average Bonchev–Trinajstić information content (AvgIpc) is 2.55. The molecule has 0 unspecified atom stereocenters. The van der Waals surface area contributed by atoms with Crippen LogP contribution in [0.1, 0.15) is 10.4 Å². The number of thiocarbonyl (C=S) groups is 1. The summed E-state index contributed by atoms with van der Waals surface area (Å²) in [7, 11) is 1.53. The van der Waals surface area contributed by atoms with Gasteiger partial charge in [0.2, 0.25) is 0 Å². The number of hydrogen-bond donors (Lipinski definition) is 2. The van der Waals surface area contributed by atoms with Gasteiger partial charge in [0.1, 0.15) is 5.75 Å². The molecule has 22 heavy (non-hydrogen) atoms. The molecule has 1 amide bonds. The van der Waals surface area contributed by atoms with Crippen molar-refractivity contribution in [2.24, 2.45) is 0 Å². The van der Waals surface area contributed by atoms with Crippen molar-refractivity contribution in [2.45, 2.75) is 0 Å². The minimum absolute atomic E-state index is 0.162. The first-order valence-corrected chi connectivity index (χ1v) is 7.63. The first kappa shape index (κ1) is 16.7. The van der Waals surface area contributed by atoms with Gasteiger partial charge in [-0.1, -0.05) is 12.1 Å². The highest BCUT2D eigenvalue weighted by Crippen LogP contribution is 2.17. The molecule has 1 aromatic carbocycles. The second kappa shape index (κ2) is 8.07. The number of rotatable bonds is 4. The van der Waals surface area contributed by atoms with Crippen LogP contribution in [0.15, 0.2) is 24.3 Å². The van der Waals surface area contributed by atoms with Crippen molar-refractivity contribution in [1.29, 1.82) is 0 Å². The predicted molar refractivity (Wildman–Crippen MR) is 88.2 cm³/mol. The molecule has 120 valence electrons. The fourth-order valence-electron chi connectivity index (χ4n) is 2.39. The van der Waals surface area contributed by atoms with Gasteiger partial charge in [-0.15, -0.1) is 0 Å². The molecule has 1 aliphatic rings. The molecular formula is C15H21N3O3S. The number of aliphatic hydroxyl groups is 1. The number of piperazine rings is 1. The zero-order chi connectivity index (χ0) is 15.9. The zero-order valence-electron chi connectivity index (χ0n) is 12.6. The van der Waals surface area contributed by atoms with E-state index in [1.165, 1.54) is 7.11 Å². The number of methoxy groups -OCH3 is 1. The van der Waals surface area contributed by atoms with Gasteiger partial charge in [0.15, 0.2) is 5.11 Å². The van der Waals surface area contributed by atoms with Gasteiger partial charge in [0.05, 0.1) is 19.3 Å². The number of nitrogens with zero attached hydrogens (tertiary/aromatic N) is 2. The van der Waals surface area contributed by atoms with Crippen LogP contribution in [0.2, 0.25) is 0 Å². The minimum atomic E-state index is -0.264. The summed E-state index contributed by atoms with van der Waals surface area (Å²) in [6, 6.07) is 7.05. The maximum atomic E-state index is 12.3. The third-order valence-electron chi connectivity index (χ3n) is 3.65. The number of aliphatic hydroxyl groups excluding tert-OH is 1. The van der Waals surface area contributed by atoms with Crippen molar-refractivity contribution in [1.82, 2.24) is 15.1 Å². The molecule has 2 N–H and O–H groups in total. The van der Waals surface area contributed by atoms with Crippen molar-refractivity contribution in [3.63, 3.8) is 0 Å². The van der Waals surface area contributed by atoms with Crippen LogP contribution in [0.25, 0.3) is 0 Å². The molecule has 0 aliphatic carbocycles. The Labute approximate surface area is 135 Å². The molecule has 1 heterocycles. The standard InChI is InChI=1S/C15H21N3O3S/c1-21-13-5-3-2-4-12(13)14(20)16-15(22)18-8-6-17(7-9-18)10-11-19/h2-5,19H,6-11H2,1H3,(H,16,20,22). The Balaban J connectivity index is 1.91. The number of para-hydroxylation sites is 1. The van der Waals surface area contributed by atoms with Crippen LogP contribution in [-0.2, 0) is 0 Å². The van der Waals surface area contributed by atoms with Gasteiger partial charge in [-0.25, -0.2) is 0 Å². The first-order valence-electron chi connectivity index (χ1n) is 7.22.